The van der Waals surface area contributed by atoms with E-state index < -0.39 is 0 Å². The average Bonchev–Trinajstić information content (AvgIpc) is 2.66. The fourth-order valence-corrected chi connectivity index (χ4v) is 3.88. The third kappa shape index (κ3) is 3.86. The summed E-state index contributed by atoms with van der Waals surface area (Å²) in [5, 5.41) is 3.70. The molecule has 1 saturated heterocycles. The summed E-state index contributed by atoms with van der Waals surface area (Å²) in [4.78, 5) is 16.1. The summed E-state index contributed by atoms with van der Waals surface area (Å²) < 4.78 is 5.45. The van der Waals surface area contributed by atoms with Crippen LogP contribution in [0.2, 0.25) is 0 Å². The molecule has 2 aliphatic rings. The molecule has 1 atom stereocenters. The quantitative estimate of drug-likeness (QED) is 0.911. The molecule has 26 heavy (non-hydrogen) atoms. The van der Waals surface area contributed by atoms with Gasteiger partial charge >= 0.3 is 0 Å². The molecule has 1 unspecified atom stereocenters. The zero-order valence-corrected chi connectivity index (χ0v) is 15.6. The lowest BCUT2D eigenvalue weighted by Gasteiger charge is -2.37. The molecular formula is C20H27N5O. The maximum Gasteiger partial charge on any atom is 0.225 e. The maximum atomic E-state index is 5.45. The predicted octanol–water partition coefficient (Wildman–Crippen LogP) is 2.51. The first-order chi connectivity index (χ1) is 12.6. The van der Waals surface area contributed by atoms with E-state index in [4.69, 9.17) is 9.72 Å². The molecule has 138 valence electrons. The average molecular weight is 353 g/mol. The molecule has 0 radical (unpaired) electrons. The normalized spacial score (nSPS) is 22.1. The zero-order chi connectivity index (χ0) is 18.0. The van der Waals surface area contributed by atoms with Crippen LogP contribution in [0.25, 0.3) is 0 Å². The summed E-state index contributed by atoms with van der Waals surface area (Å²) in [6, 6.07) is 4.35. The molecule has 2 aromatic heterocycles. The number of fused-ring (bicyclic) bond motifs is 1. The Bertz CT molecular complexity index is 743. The van der Waals surface area contributed by atoms with Crippen molar-refractivity contribution >= 4 is 5.95 Å². The fourth-order valence-electron chi connectivity index (χ4n) is 3.88. The van der Waals surface area contributed by atoms with Gasteiger partial charge in [-0.3, -0.25) is 4.98 Å². The number of aromatic nitrogens is 3. The predicted molar refractivity (Wildman–Crippen MR) is 101 cm³/mol. The van der Waals surface area contributed by atoms with Crippen LogP contribution in [0.1, 0.15) is 43.1 Å². The van der Waals surface area contributed by atoms with Gasteiger partial charge in [0, 0.05) is 49.8 Å². The highest BCUT2D eigenvalue weighted by molar-refractivity contribution is 5.36. The van der Waals surface area contributed by atoms with Crippen molar-refractivity contribution in [3.63, 3.8) is 0 Å². The first kappa shape index (κ1) is 17.4. The molecule has 0 amide bonds. The van der Waals surface area contributed by atoms with Crippen molar-refractivity contribution in [2.24, 2.45) is 5.41 Å². The van der Waals surface area contributed by atoms with Gasteiger partial charge in [0.1, 0.15) is 0 Å². The smallest absolute Gasteiger partial charge is 0.225 e. The molecule has 1 fully saturated rings. The maximum absolute atomic E-state index is 5.45. The minimum absolute atomic E-state index is 0.218. The molecule has 1 aliphatic heterocycles. The number of hydrogen-bond donors (Lipinski definition) is 1. The second-order valence-corrected chi connectivity index (χ2v) is 8.01. The number of ether oxygens (including phenoxy) is 1. The second kappa shape index (κ2) is 7.29. The molecule has 2 aromatic rings. The molecule has 3 heterocycles. The van der Waals surface area contributed by atoms with Gasteiger partial charge in [-0.2, -0.15) is 0 Å². The van der Waals surface area contributed by atoms with Gasteiger partial charge in [-0.05, 0) is 29.9 Å². The summed E-state index contributed by atoms with van der Waals surface area (Å²) >= 11 is 0. The van der Waals surface area contributed by atoms with E-state index in [9.17, 15) is 0 Å². The Labute approximate surface area is 155 Å². The van der Waals surface area contributed by atoms with Crippen LogP contribution in [0.15, 0.2) is 30.7 Å². The Kier molecular flexibility index (Phi) is 4.87. The number of hydrogen-bond acceptors (Lipinski definition) is 6. The Morgan fingerprint density at radius 3 is 2.88 bits per heavy atom. The summed E-state index contributed by atoms with van der Waals surface area (Å²) in [6.07, 6.45) is 7.83. The van der Waals surface area contributed by atoms with Crippen LogP contribution in [0.3, 0.4) is 0 Å². The third-order valence-electron chi connectivity index (χ3n) is 5.23. The summed E-state index contributed by atoms with van der Waals surface area (Å²) in [6.45, 7) is 8.69. The number of nitrogens with zero attached hydrogens (tertiary/aromatic N) is 4. The van der Waals surface area contributed by atoms with E-state index in [0.29, 0.717) is 0 Å². The van der Waals surface area contributed by atoms with Crippen LogP contribution in [-0.4, -0.2) is 41.3 Å². The standard InChI is InChI=1S/C20H27N5O/c1-20(2)10-17(22-13-15-4-3-5-21-12-15)16-14-23-19(24-18(16)11-20)25-6-8-26-9-7-25/h3-5,12,14,17,22H,6-11,13H2,1-2H3. The molecule has 0 bridgehead atoms. The van der Waals surface area contributed by atoms with Crippen LogP contribution < -0.4 is 10.2 Å². The van der Waals surface area contributed by atoms with E-state index in [1.807, 2.05) is 24.7 Å². The number of rotatable bonds is 4. The Morgan fingerprint density at radius 1 is 1.27 bits per heavy atom. The Balaban J connectivity index is 1.55. The van der Waals surface area contributed by atoms with Gasteiger partial charge in [-0.1, -0.05) is 19.9 Å². The molecule has 0 saturated carbocycles. The molecule has 4 rings (SSSR count). The van der Waals surface area contributed by atoms with Crippen molar-refractivity contribution in [1.82, 2.24) is 20.3 Å². The zero-order valence-electron chi connectivity index (χ0n) is 15.6. The lowest BCUT2D eigenvalue weighted by Crippen LogP contribution is -2.39. The van der Waals surface area contributed by atoms with Crippen LogP contribution in [0.5, 0.6) is 0 Å². The molecule has 6 heteroatoms. The second-order valence-electron chi connectivity index (χ2n) is 8.01. The number of anilines is 1. The van der Waals surface area contributed by atoms with Gasteiger partial charge in [-0.25, -0.2) is 9.97 Å². The Hall–Kier alpha value is -2.05. The highest BCUT2D eigenvalue weighted by Gasteiger charge is 2.34. The minimum atomic E-state index is 0.218. The highest BCUT2D eigenvalue weighted by atomic mass is 16.5. The third-order valence-corrected chi connectivity index (χ3v) is 5.23. The summed E-state index contributed by atoms with van der Waals surface area (Å²) in [5.74, 6) is 0.843. The van der Waals surface area contributed by atoms with Gasteiger partial charge in [0.25, 0.3) is 0 Å². The lowest BCUT2D eigenvalue weighted by molar-refractivity contribution is 0.122. The molecule has 1 N–H and O–H groups in total. The summed E-state index contributed by atoms with van der Waals surface area (Å²) in [7, 11) is 0. The van der Waals surface area contributed by atoms with Gasteiger partial charge in [0.05, 0.1) is 18.9 Å². The largest absolute Gasteiger partial charge is 0.378 e. The van der Waals surface area contributed by atoms with E-state index >= 15 is 0 Å². The van der Waals surface area contributed by atoms with E-state index in [-0.39, 0.29) is 11.5 Å². The van der Waals surface area contributed by atoms with Crippen molar-refractivity contribution in [3.05, 3.63) is 47.5 Å². The van der Waals surface area contributed by atoms with Crippen molar-refractivity contribution in [3.8, 4) is 0 Å². The van der Waals surface area contributed by atoms with E-state index in [1.165, 1.54) is 16.8 Å². The minimum Gasteiger partial charge on any atom is -0.378 e. The topological polar surface area (TPSA) is 63.2 Å². The van der Waals surface area contributed by atoms with Gasteiger partial charge in [0.2, 0.25) is 5.95 Å². The number of morpholine rings is 1. The lowest BCUT2D eigenvalue weighted by atomic mass is 9.74. The van der Waals surface area contributed by atoms with E-state index in [1.54, 1.807) is 0 Å². The fraction of sp³-hybridized carbons (Fsp3) is 0.550. The van der Waals surface area contributed by atoms with Crippen LogP contribution in [0, 0.1) is 5.41 Å². The van der Waals surface area contributed by atoms with E-state index in [0.717, 1.165) is 51.6 Å². The Morgan fingerprint density at radius 2 is 2.12 bits per heavy atom. The van der Waals surface area contributed by atoms with Crippen molar-refractivity contribution in [1.29, 1.82) is 0 Å². The van der Waals surface area contributed by atoms with Crippen LogP contribution >= 0.6 is 0 Å². The first-order valence-corrected chi connectivity index (χ1v) is 9.41. The van der Waals surface area contributed by atoms with Crippen molar-refractivity contribution in [2.45, 2.75) is 39.3 Å². The van der Waals surface area contributed by atoms with Crippen LogP contribution in [-0.2, 0) is 17.7 Å². The molecule has 6 nitrogen and oxygen atoms in total. The van der Waals surface area contributed by atoms with Gasteiger partial charge < -0.3 is 15.0 Å². The SMILES string of the molecule is CC1(C)Cc2nc(N3CCOCC3)ncc2C(NCc2cccnc2)C1. The highest BCUT2D eigenvalue weighted by Crippen LogP contribution is 2.40. The first-order valence-electron chi connectivity index (χ1n) is 9.41. The molecule has 0 spiro atoms. The van der Waals surface area contributed by atoms with Gasteiger partial charge in [-0.15, -0.1) is 0 Å². The number of pyridine rings is 1. The van der Waals surface area contributed by atoms with Crippen molar-refractivity contribution in [2.75, 3.05) is 31.2 Å². The van der Waals surface area contributed by atoms with E-state index in [2.05, 4.69) is 40.1 Å². The van der Waals surface area contributed by atoms with Gasteiger partial charge in [0.15, 0.2) is 0 Å². The van der Waals surface area contributed by atoms with Crippen molar-refractivity contribution < 1.29 is 4.74 Å². The number of nitrogens with one attached hydrogen (secondary N) is 1. The molecular weight excluding hydrogens is 326 g/mol. The van der Waals surface area contributed by atoms with Crippen LogP contribution in [0.4, 0.5) is 5.95 Å². The molecule has 0 aromatic carbocycles. The monoisotopic (exact) mass is 353 g/mol. The summed E-state index contributed by atoms with van der Waals surface area (Å²) in [5.41, 5.74) is 3.84. The molecule has 1 aliphatic carbocycles.